The van der Waals surface area contributed by atoms with E-state index in [0.29, 0.717) is 0 Å². The molecule has 1 aromatic heterocycles. The number of rotatable bonds is 7. The Kier molecular flexibility index (Phi) is 8.55. The second-order valence-electron chi connectivity index (χ2n) is 17.3. The number of nitrogens with zero attached hydrogens (tertiary/aromatic N) is 1. The molecule has 11 aromatic rings. The zero-order chi connectivity index (χ0) is 42.1. The van der Waals surface area contributed by atoms with E-state index in [2.05, 4.69) is 243 Å². The maximum Gasteiger partial charge on any atom is 0.143 e. The lowest BCUT2D eigenvalue weighted by Crippen LogP contribution is -2.16. The molecular formula is C61H43NO. The van der Waals surface area contributed by atoms with Crippen LogP contribution < -0.4 is 4.90 Å². The quantitative estimate of drug-likeness (QED) is 0.160. The summed E-state index contributed by atoms with van der Waals surface area (Å²) in [4.78, 5) is 2.40. The van der Waals surface area contributed by atoms with Gasteiger partial charge in [-0.3, -0.25) is 0 Å². The molecule has 1 heterocycles. The van der Waals surface area contributed by atoms with Gasteiger partial charge in [-0.15, -0.1) is 0 Å². The van der Waals surface area contributed by atoms with Crippen LogP contribution in [0.15, 0.2) is 229 Å². The van der Waals surface area contributed by atoms with E-state index in [9.17, 15) is 0 Å². The summed E-state index contributed by atoms with van der Waals surface area (Å²) in [5, 5.41) is 4.52. The minimum absolute atomic E-state index is 0.121. The van der Waals surface area contributed by atoms with Gasteiger partial charge in [-0.25, -0.2) is 0 Å². The Labute approximate surface area is 368 Å². The van der Waals surface area contributed by atoms with Crippen LogP contribution in [0.2, 0.25) is 0 Å². The van der Waals surface area contributed by atoms with Gasteiger partial charge in [0.15, 0.2) is 0 Å². The van der Waals surface area contributed by atoms with Gasteiger partial charge in [0.2, 0.25) is 0 Å². The van der Waals surface area contributed by atoms with Crippen LogP contribution in [0.4, 0.5) is 17.1 Å². The molecule has 2 heteroatoms. The predicted octanol–water partition coefficient (Wildman–Crippen LogP) is 17.2. The van der Waals surface area contributed by atoms with Gasteiger partial charge in [0.1, 0.15) is 11.2 Å². The molecule has 0 aliphatic heterocycles. The molecule has 10 aromatic carbocycles. The first-order valence-corrected chi connectivity index (χ1v) is 21.8. The zero-order valence-electron chi connectivity index (χ0n) is 35.2. The van der Waals surface area contributed by atoms with Gasteiger partial charge in [0.05, 0.1) is 0 Å². The van der Waals surface area contributed by atoms with Crippen molar-refractivity contribution in [3.63, 3.8) is 0 Å². The normalized spacial score (nSPS) is 12.7. The molecular weight excluding hydrogens is 763 g/mol. The third-order valence-corrected chi connectivity index (χ3v) is 13.3. The zero-order valence-corrected chi connectivity index (χ0v) is 35.2. The van der Waals surface area contributed by atoms with Crippen molar-refractivity contribution < 1.29 is 4.42 Å². The van der Waals surface area contributed by atoms with Crippen molar-refractivity contribution in [3.05, 3.63) is 236 Å². The molecule has 12 rings (SSSR count). The highest BCUT2D eigenvalue weighted by atomic mass is 16.3. The molecule has 298 valence electrons. The number of benzene rings is 10. The van der Waals surface area contributed by atoms with E-state index in [1.165, 1.54) is 55.5 Å². The monoisotopic (exact) mass is 805 g/mol. The molecule has 0 radical (unpaired) electrons. The molecule has 0 N–H and O–H groups in total. The van der Waals surface area contributed by atoms with E-state index in [1.54, 1.807) is 0 Å². The average Bonchev–Trinajstić information content (AvgIpc) is 3.84. The van der Waals surface area contributed by atoms with Gasteiger partial charge in [0, 0.05) is 44.2 Å². The summed E-state index contributed by atoms with van der Waals surface area (Å²) in [6.45, 7) is 4.70. The Hall–Kier alpha value is -7.94. The first-order valence-electron chi connectivity index (χ1n) is 21.8. The van der Waals surface area contributed by atoms with Crippen LogP contribution in [0.25, 0.3) is 88.3 Å². The van der Waals surface area contributed by atoms with Crippen LogP contribution in [0.1, 0.15) is 25.0 Å². The first-order chi connectivity index (χ1) is 31.0. The largest absolute Gasteiger partial charge is 0.455 e. The van der Waals surface area contributed by atoms with Crippen LogP contribution >= 0.6 is 0 Å². The molecule has 1 aliphatic carbocycles. The molecule has 0 spiro atoms. The molecule has 0 fully saturated rings. The Morgan fingerprint density at radius 2 is 0.794 bits per heavy atom. The minimum Gasteiger partial charge on any atom is -0.455 e. The number of hydrogen-bond donors (Lipinski definition) is 0. The highest BCUT2D eigenvalue weighted by molar-refractivity contribution is 6.21. The Morgan fingerprint density at radius 1 is 0.302 bits per heavy atom. The van der Waals surface area contributed by atoms with Gasteiger partial charge in [-0.05, 0) is 121 Å². The first kappa shape index (κ1) is 36.9. The maximum absolute atomic E-state index is 7.08. The Balaban J connectivity index is 1.03. The number of hydrogen-bond acceptors (Lipinski definition) is 2. The predicted molar refractivity (Wildman–Crippen MR) is 265 cm³/mol. The SMILES string of the molecule is CC1(C)c2ccccc2-c2ccc(N(c3ccc(-c4ccccc4)cc3)c3ccc(-c4cc(-c5ccccc5)cc5c4oc4c6ccccc6c(-c6ccccc6)cc54)cc3)cc21. The fourth-order valence-electron chi connectivity index (χ4n) is 10.1. The topological polar surface area (TPSA) is 16.4 Å². The highest BCUT2D eigenvalue weighted by Gasteiger charge is 2.35. The van der Waals surface area contributed by atoms with E-state index < -0.39 is 0 Å². The second-order valence-corrected chi connectivity index (χ2v) is 17.3. The van der Waals surface area contributed by atoms with Gasteiger partial charge < -0.3 is 9.32 Å². The Morgan fingerprint density at radius 3 is 1.48 bits per heavy atom. The summed E-state index contributed by atoms with van der Waals surface area (Å²) in [6, 6.07) is 81.4. The highest BCUT2D eigenvalue weighted by Crippen LogP contribution is 2.51. The summed E-state index contributed by atoms with van der Waals surface area (Å²) >= 11 is 0. The standard InChI is InChI=1S/C61H43NO/c1-61(2)57-25-15-14-23-50(57)51-35-34-48(38-58(51)61)62(46-30-26-42(27-31-46)40-16-6-3-7-17-40)47-32-28-44(29-33-47)54-36-45(41-18-8-4-9-19-41)37-55-56-39-53(43-20-10-5-11-21-43)49-22-12-13-24-52(49)59(56)63-60(54)55/h3-39H,1-2H3. The summed E-state index contributed by atoms with van der Waals surface area (Å²) in [7, 11) is 0. The van der Waals surface area contributed by atoms with E-state index in [0.717, 1.165) is 61.1 Å². The van der Waals surface area contributed by atoms with Gasteiger partial charge in [-0.2, -0.15) is 0 Å². The lowest BCUT2D eigenvalue weighted by atomic mass is 9.82. The summed E-state index contributed by atoms with van der Waals surface area (Å²) in [5.41, 5.74) is 19.6. The number of anilines is 3. The fraction of sp³-hybridized carbons (Fsp3) is 0.0492. The van der Waals surface area contributed by atoms with Crippen LogP contribution in [-0.4, -0.2) is 0 Å². The van der Waals surface area contributed by atoms with Gasteiger partial charge in [-0.1, -0.05) is 184 Å². The molecule has 0 atom stereocenters. The second kappa shape index (κ2) is 14.6. The molecule has 2 nitrogen and oxygen atoms in total. The van der Waals surface area contributed by atoms with Crippen molar-refractivity contribution in [3.8, 4) is 55.6 Å². The van der Waals surface area contributed by atoms with Crippen molar-refractivity contribution in [1.82, 2.24) is 0 Å². The third-order valence-electron chi connectivity index (χ3n) is 13.3. The smallest absolute Gasteiger partial charge is 0.143 e. The van der Waals surface area contributed by atoms with Crippen LogP contribution in [0.5, 0.6) is 0 Å². The summed E-state index contributed by atoms with van der Waals surface area (Å²) < 4.78 is 7.08. The summed E-state index contributed by atoms with van der Waals surface area (Å²) in [6.07, 6.45) is 0. The Bertz CT molecular complexity index is 3490. The van der Waals surface area contributed by atoms with E-state index >= 15 is 0 Å². The van der Waals surface area contributed by atoms with Gasteiger partial charge in [0.25, 0.3) is 0 Å². The van der Waals surface area contributed by atoms with E-state index in [-0.39, 0.29) is 5.41 Å². The van der Waals surface area contributed by atoms with Crippen molar-refractivity contribution in [2.24, 2.45) is 0 Å². The minimum atomic E-state index is -0.121. The number of furan rings is 1. The van der Waals surface area contributed by atoms with E-state index in [4.69, 9.17) is 4.42 Å². The maximum atomic E-state index is 7.08. The lowest BCUT2D eigenvalue weighted by Gasteiger charge is -2.28. The third kappa shape index (κ3) is 6.09. The van der Waals surface area contributed by atoms with E-state index in [1.807, 2.05) is 0 Å². The molecule has 0 unspecified atom stereocenters. The van der Waals surface area contributed by atoms with Crippen molar-refractivity contribution in [2.45, 2.75) is 19.3 Å². The van der Waals surface area contributed by atoms with Crippen molar-refractivity contribution in [2.75, 3.05) is 4.90 Å². The van der Waals surface area contributed by atoms with Crippen LogP contribution in [0.3, 0.4) is 0 Å². The molecule has 0 saturated carbocycles. The van der Waals surface area contributed by atoms with Crippen molar-refractivity contribution >= 4 is 49.8 Å². The lowest BCUT2D eigenvalue weighted by molar-refractivity contribution is 0.660. The summed E-state index contributed by atoms with van der Waals surface area (Å²) in [5.74, 6) is 0. The average molecular weight is 806 g/mol. The molecule has 0 bridgehead atoms. The van der Waals surface area contributed by atoms with Gasteiger partial charge >= 0.3 is 0 Å². The fourth-order valence-corrected chi connectivity index (χ4v) is 10.1. The van der Waals surface area contributed by atoms with Crippen LogP contribution in [0, 0.1) is 0 Å². The van der Waals surface area contributed by atoms with Crippen LogP contribution in [-0.2, 0) is 5.41 Å². The molecule has 63 heavy (non-hydrogen) atoms. The molecule has 0 amide bonds. The van der Waals surface area contributed by atoms with Crippen molar-refractivity contribution in [1.29, 1.82) is 0 Å². The number of fused-ring (bicyclic) bond motifs is 8. The molecule has 0 saturated heterocycles. The molecule has 1 aliphatic rings.